The molecule has 0 atom stereocenters. The zero-order chi connectivity index (χ0) is 15.5. The maximum atomic E-state index is 11.5. The predicted molar refractivity (Wildman–Crippen MR) is 85.8 cm³/mol. The van der Waals surface area contributed by atoms with Gasteiger partial charge in [-0.15, -0.1) is 11.3 Å². The molecule has 1 aromatic carbocycles. The minimum absolute atomic E-state index is 0.320. The van der Waals surface area contributed by atoms with Crippen LogP contribution in [0.1, 0.15) is 24.8 Å². The van der Waals surface area contributed by atoms with Crippen molar-refractivity contribution in [2.45, 2.75) is 31.6 Å². The van der Waals surface area contributed by atoms with Crippen LogP contribution in [0.4, 0.5) is 0 Å². The molecule has 0 unspecified atom stereocenters. The Kier molecular flexibility index (Phi) is 5.00. The van der Waals surface area contributed by atoms with Crippen LogP contribution in [-0.2, 0) is 9.84 Å². The summed E-state index contributed by atoms with van der Waals surface area (Å²) in [6, 6.07) is 6.84. The maximum Gasteiger partial charge on any atom is 0.232 e. The van der Waals surface area contributed by atoms with Gasteiger partial charge in [0.15, 0.2) is 9.84 Å². The van der Waals surface area contributed by atoms with Gasteiger partial charge in [0, 0.05) is 6.26 Å². The van der Waals surface area contributed by atoms with Crippen LogP contribution in [0.2, 0.25) is 0 Å². The number of unbranched alkanes of at least 4 members (excludes halogenated alkanes) is 1. The van der Waals surface area contributed by atoms with Crippen LogP contribution in [-0.4, -0.2) is 26.3 Å². The average molecular weight is 325 g/mol. The van der Waals surface area contributed by atoms with Crippen molar-refractivity contribution in [2.75, 3.05) is 12.9 Å². The van der Waals surface area contributed by atoms with E-state index in [0.29, 0.717) is 17.4 Å². The highest BCUT2D eigenvalue weighted by Crippen LogP contribution is 2.35. The summed E-state index contributed by atoms with van der Waals surface area (Å²) in [7, 11) is -3.17. The molecule has 0 radical (unpaired) electrons. The molecule has 4 nitrogen and oxygen atoms in total. The molecule has 2 aromatic rings. The summed E-state index contributed by atoms with van der Waals surface area (Å²) in [5.74, 6) is 0.637. The van der Waals surface area contributed by atoms with E-state index in [9.17, 15) is 8.42 Å². The van der Waals surface area contributed by atoms with Crippen LogP contribution in [0.25, 0.3) is 10.4 Å². The number of aromatic nitrogens is 1. The van der Waals surface area contributed by atoms with E-state index in [1.165, 1.54) is 6.26 Å². The van der Waals surface area contributed by atoms with E-state index in [1.807, 2.05) is 6.92 Å². The van der Waals surface area contributed by atoms with Gasteiger partial charge in [0.25, 0.3) is 0 Å². The Morgan fingerprint density at radius 3 is 2.48 bits per heavy atom. The number of sulfone groups is 1. The minimum atomic E-state index is -3.17. The molecule has 0 fully saturated rings. The minimum Gasteiger partial charge on any atom is -0.477 e. The van der Waals surface area contributed by atoms with Crippen LogP contribution in [0, 0.1) is 6.92 Å². The molecular formula is C15H19NO3S2. The van der Waals surface area contributed by atoms with Gasteiger partial charge in [-0.2, -0.15) is 0 Å². The van der Waals surface area contributed by atoms with Crippen LogP contribution < -0.4 is 4.74 Å². The van der Waals surface area contributed by atoms with Crippen molar-refractivity contribution >= 4 is 21.2 Å². The predicted octanol–water partition coefficient (Wildman–Crippen LogP) is 3.70. The van der Waals surface area contributed by atoms with E-state index in [0.717, 1.165) is 28.3 Å². The summed E-state index contributed by atoms with van der Waals surface area (Å²) in [5.41, 5.74) is 0.930. The Bertz CT molecular complexity index is 703. The summed E-state index contributed by atoms with van der Waals surface area (Å²) in [4.78, 5) is 5.68. The van der Waals surface area contributed by atoms with Crippen molar-refractivity contribution in [3.05, 3.63) is 29.3 Å². The van der Waals surface area contributed by atoms with Crippen LogP contribution in [0.5, 0.6) is 5.88 Å². The van der Waals surface area contributed by atoms with Crippen molar-refractivity contribution in [1.29, 1.82) is 0 Å². The van der Waals surface area contributed by atoms with Crippen LogP contribution >= 0.6 is 11.3 Å². The molecule has 0 spiro atoms. The van der Waals surface area contributed by atoms with Crippen LogP contribution in [0.3, 0.4) is 0 Å². The third-order valence-corrected chi connectivity index (χ3v) is 5.11. The topological polar surface area (TPSA) is 56.3 Å². The molecule has 6 heteroatoms. The normalized spacial score (nSPS) is 11.6. The van der Waals surface area contributed by atoms with Gasteiger partial charge >= 0.3 is 0 Å². The molecule has 1 heterocycles. The maximum absolute atomic E-state index is 11.5. The highest BCUT2D eigenvalue weighted by Gasteiger charge is 2.14. The van der Waals surface area contributed by atoms with Gasteiger partial charge in [0.1, 0.15) is 0 Å². The first-order valence-corrected chi connectivity index (χ1v) is 9.53. The summed E-state index contributed by atoms with van der Waals surface area (Å²) in [6.45, 7) is 4.69. The van der Waals surface area contributed by atoms with Gasteiger partial charge in [-0.1, -0.05) is 25.5 Å². The Balaban J connectivity index is 2.29. The number of ether oxygens (including phenoxy) is 1. The molecular weight excluding hydrogens is 306 g/mol. The Labute approximate surface area is 129 Å². The first-order valence-electron chi connectivity index (χ1n) is 6.82. The highest BCUT2D eigenvalue weighted by molar-refractivity contribution is 7.90. The van der Waals surface area contributed by atoms with Gasteiger partial charge in [-0.3, -0.25) is 0 Å². The lowest BCUT2D eigenvalue weighted by molar-refractivity contribution is 0.300. The molecule has 0 saturated heterocycles. The zero-order valence-electron chi connectivity index (χ0n) is 12.4. The standard InChI is InChI=1S/C15H19NO3S2/c1-4-5-10-19-15-14(20-11(2)16-15)12-6-8-13(9-7-12)21(3,17)18/h6-9H,4-5,10H2,1-3H3. The van der Waals surface area contributed by atoms with E-state index in [-0.39, 0.29) is 0 Å². The van der Waals surface area contributed by atoms with E-state index in [2.05, 4.69) is 11.9 Å². The van der Waals surface area contributed by atoms with Gasteiger partial charge in [-0.25, -0.2) is 13.4 Å². The Morgan fingerprint density at radius 1 is 1.24 bits per heavy atom. The molecule has 0 N–H and O–H groups in total. The van der Waals surface area contributed by atoms with Crippen molar-refractivity contribution in [1.82, 2.24) is 4.98 Å². The van der Waals surface area contributed by atoms with E-state index in [4.69, 9.17) is 4.74 Å². The Morgan fingerprint density at radius 2 is 1.90 bits per heavy atom. The fourth-order valence-corrected chi connectivity index (χ4v) is 3.36. The van der Waals surface area contributed by atoms with Crippen molar-refractivity contribution in [3.63, 3.8) is 0 Å². The first-order chi connectivity index (χ1) is 9.91. The molecule has 114 valence electrons. The van der Waals surface area contributed by atoms with Crippen molar-refractivity contribution in [3.8, 4) is 16.3 Å². The molecule has 0 aliphatic heterocycles. The molecule has 0 bridgehead atoms. The number of rotatable bonds is 6. The number of hydrogen-bond donors (Lipinski definition) is 0. The van der Waals surface area contributed by atoms with Gasteiger partial charge in [0.2, 0.25) is 5.88 Å². The number of aryl methyl sites for hydroxylation is 1. The Hall–Kier alpha value is -1.40. The summed E-state index contributed by atoms with van der Waals surface area (Å²) < 4.78 is 28.7. The largest absolute Gasteiger partial charge is 0.477 e. The third kappa shape index (κ3) is 4.04. The monoisotopic (exact) mass is 325 g/mol. The molecule has 0 aliphatic carbocycles. The average Bonchev–Trinajstić information content (AvgIpc) is 2.79. The van der Waals surface area contributed by atoms with Crippen molar-refractivity contribution in [2.24, 2.45) is 0 Å². The SMILES string of the molecule is CCCCOc1nc(C)sc1-c1ccc(S(C)(=O)=O)cc1. The second-order valence-electron chi connectivity index (χ2n) is 4.87. The highest BCUT2D eigenvalue weighted by atomic mass is 32.2. The van der Waals surface area contributed by atoms with Crippen molar-refractivity contribution < 1.29 is 13.2 Å². The van der Waals surface area contributed by atoms with E-state index < -0.39 is 9.84 Å². The summed E-state index contributed by atoms with van der Waals surface area (Å²) >= 11 is 1.55. The fourth-order valence-electron chi connectivity index (χ4n) is 1.85. The van der Waals surface area contributed by atoms with Gasteiger partial charge in [0.05, 0.1) is 21.4 Å². The molecule has 1 aromatic heterocycles. The molecule has 0 saturated carbocycles. The number of thiazole rings is 1. The lowest BCUT2D eigenvalue weighted by Crippen LogP contribution is -1.98. The second kappa shape index (κ2) is 6.58. The smallest absolute Gasteiger partial charge is 0.232 e. The number of benzene rings is 1. The van der Waals surface area contributed by atoms with E-state index >= 15 is 0 Å². The third-order valence-electron chi connectivity index (χ3n) is 2.98. The number of hydrogen-bond acceptors (Lipinski definition) is 5. The quantitative estimate of drug-likeness (QED) is 0.760. The van der Waals surface area contributed by atoms with E-state index in [1.54, 1.807) is 35.6 Å². The molecule has 0 aliphatic rings. The lowest BCUT2D eigenvalue weighted by atomic mass is 10.2. The lowest BCUT2D eigenvalue weighted by Gasteiger charge is -2.05. The second-order valence-corrected chi connectivity index (χ2v) is 8.08. The molecule has 0 amide bonds. The fraction of sp³-hybridized carbons (Fsp3) is 0.400. The summed E-state index contributed by atoms with van der Waals surface area (Å²) in [5, 5.41) is 0.934. The van der Waals surface area contributed by atoms with Gasteiger partial charge in [-0.05, 0) is 31.0 Å². The summed E-state index contributed by atoms with van der Waals surface area (Å²) in [6.07, 6.45) is 3.27. The molecule has 21 heavy (non-hydrogen) atoms. The van der Waals surface area contributed by atoms with Gasteiger partial charge < -0.3 is 4.74 Å². The zero-order valence-corrected chi connectivity index (χ0v) is 14.1. The van der Waals surface area contributed by atoms with Crippen LogP contribution in [0.15, 0.2) is 29.2 Å². The number of nitrogens with zero attached hydrogens (tertiary/aromatic N) is 1. The molecule has 2 rings (SSSR count). The first kappa shape index (κ1) is 16.0.